The zero-order chi connectivity index (χ0) is 33.7. The van der Waals surface area contributed by atoms with Crippen molar-refractivity contribution in [2.45, 2.75) is 0 Å². The third-order valence-electron chi connectivity index (χ3n) is 9.48. The summed E-state index contributed by atoms with van der Waals surface area (Å²) in [4.78, 5) is 0. The Morgan fingerprint density at radius 1 is 0.220 bits per heavy atom. The molecule has 0 heterocycles. The molecule has 0 bridgehead atoms. The van der Waals surface area contributed by atoms with Crippen LogP contribution in [0.4, 0.5) is 5.69 Å². The zero-order valence-corrected chi connectivity index (χ0v) is 28.1. The fourth-order valence-electron chi connectivity index (χ4n) is 6.69. The minimum absolute atomic E-state index is 1.09. The first-order valence-electron chi connectivity index (χ1n) is 17.2. The zero-order valence-electron chi connectivity index (χ0n) is 28.1. The molecular formula is C49H37N. The molecule has 0 aliphatic heterocycles. The Morgan fingerprint density at radius 2 is 0.460 bits per heavy atom. The minimum Gasteiger partial charge on any atom is -0.388 e. The van der Waals surface area contributed by atoms with Crippen molar-refractivity contribution in [2.75, 3.05) is 12.4 Å². The van der Waals surface area contributed by atoms with E-state index in [0.29, 0.717) is 0 Å². The lowest BCUT2D eigenvalue weighted by Crippen LogP contribution is -1.91. The highest BCUT2D eigenvalue weighted by Gasteiger charge is 2.09. The molecule has 0 amide bonds. The molecule has 238 valence electrons. The summed E-state index contributed by atoms with van der Waals surface area (Å²) in [5.41, 5.74) is 18.0. The van der Waals surface area contributed by atoms with Gasteiger partial charge in [-0.15, -0.1) is 0 Å². The van der Waals surface area contributed by atoms with E-state index < -0.39 is 0 Å². The highest BCUT2D eigenvalue weighted by Crippen LogP contribution is 2.35. The number of hydrogen-bond acceptors (Lipinski definition) is 1. The second-order valence-electron chi connectivity index (χ2n) is 12.7. The summed E-state index contributed by atoms with van der Waals surface area (Å²) in [5.74, 6) is 0. The summed E-state index contributed by atoms with van der Waals surface area (Å²) in [5, 5.41) is 3.39. The lowest BCUT2D eigenvalue weighted by molar-refractivity contribution is 1.49. The van der Waals surface area contributed by atoms with E-state index in [9.17, 15) is 0 Å². The van der Waals surface area contributed by atoms with Crippen molar-refractivity contribution in [3.05, 3.63) is 200 Å². The SMILES string of the molecule is CNc1cc(-c2ccc(-c3cccc(-c4ccc(-c5ccccc5)cc4)c3)cc2)cc(-c2cccc(-c3ccc(-c4ccccc4)cc3)c2)c1. The molecule has 0 unspecified atom stereocenters. The largest absolute Gasteiger partial charge is 0.388 e. The summed E-state index contributed by atoms with van der Waals surface area (Å²) in [6, 6.07) is 72.1. The quantitative estimate of drug-likeness (QED) is 0.174. The van der Waals surface area contributed by atoms with Crippen molar-refractivity contribution in [3.8, 4) is 77.9 Å². The molecule has 0 aliphatic carbocycles. The van der Waals surface area contributed by atoms with E-state index in [1.807, 2.05) is 7.05 Å². The number of anilines is 1. The van der Waals surface area contributed by atoms with Crippen LogP contribution < -0.4 is 5.32 Å². The van der Waals surface area contributed by atoms with Gasteiger partial charge in [0.2, 0.25) is 0 Å². The first-order chi connectivity index (χ1) is 24.7. The van der Waals surface area contributed by atoms with E-state index in [-0.39, 0.29) is 0 Å². The van der Waals surface area contributed by atoms with Crippen molar-refractivity contribution in [1.82, 2.24) is 0 Å². The Morgan fingerprint density at radius 3 is 0.820 bits per heavy atom. The van der Waals surface area contributed by atoms with Crippen LogP contribution >= 0.6 is 0 Å². The standard InChI is InChI=1S/C49H37N/c1-50-49-33-47(32-48(34-49)46-17-9-16-45(31-46)40-24-20-38(21-25-40)36-12-6-3-7-13-36)42-28-26-41(27-29-42)44-15-8-14-43(30-44)39-22-18-37(19-23-39)35-10-4-2-5-11-35/h2-34,50H,1H3. The molecular weight excluding hydrogens is 603 g/mol. The Balaban J connectivity index is 1.04. The van der Waals surface area contributed by atoms with Crippen LogP contribution in [0.5, 0.6) is 0 Å². The van der Waals surface area contributed by atoms with Gasteiger partial charge in [0.05, 0.1) is 0 Å². The van der Waals surface area contributed by atoms with Crippen molar-refractivity contribution in [3.63, 3.8) is 0 Å². The van der Waals surface area contributed by atoms with Crippen LogP contribution in [0.2, 0.25) is 0 Å². The van der Waals surface area contributed by atoms with E-state index >= 15 is 0 Å². The van der Waals surface area contributed by atoms with Crippen LogP contribution in [0.15, 0.2) is 200 Å². The number of rotatable bonds is 8. The van der Waals surface area contributed by atoms with Crippen LogP contribution in [0.3, 0.4) is 0 Å². The maximum absolute atomic E-state index is 3.39. The van der Waals surface area contributed by atoms with Crippen molar-refractivity contribution in [1.29, 1.82) is 0 Å². The number of hydrogen-bond donors (Lipinski definition) is 1. The normalized spacial score (nSPS) is 10.9. The Bertz CT molecular complexity index is 2350. The molecule has 8 aromatic carbocycles. The van der Waals surface area contributed by atoms with Gasteiger partial charge in [0.25, 0.3) is 0 Å². The van der Waals surface area contributed by atoms with Crippen LogP contribution in [0.1, 0.15) is 0 Å². The average Bonchev–Trinajstić information content (AvgIpc) is 3.21. The molecule has 50 heavy (non-hydrogen) atoms. The predicted molar refractivity (Wildman–Crippen MR) is 214 cm³/mol. The summed E-state index contributed by atoms with van der Waals surface area (Å²) >= 11 is 0. The summed E-state index contributed by atoms with van der Waals surface area (Å²) in [6.45, 7) is 0. The molecule has 1 heteroatoms. The smallest absolute Gasteiger partial charge is 0.0350 e. The van der Waals surface area contributed by atoms with Gasteiger partial charge in [-0.1, -0.05) is 170 Å². The molecule has 8 aromatic rings. The van der Waals surface area contributed by atoms with E-state index in [1.165, 1.54) is 77.9 Å². The predicted octanol–water partition coefficient (Wildman–Crippen LogP) is 13.4. The van der Waals surface area contributed by atoms with Gasteiger partial charge in [0.1, 0.15) is 0 Å². The third kappa shape index (κ3) is 6.63. The average molecular weight is 640 g/mol. The van der Waals surface area contributed by atoms with Gasteiger partial charge in [0, 0.05) is 12.7 Å². The molecule has 1 nitrogen and oxygen atoms in total. The van der Waals surface area contributed by atoms with Crippen LogP contribution in [-0.4, -0.2) is 7.05 Å². The van der Waals surface area contributed by atoms with Crippen molar-refractivity contribution < 1.29 is 0 Å². The Hall–Kier alpha value is -6.44. The van der Waals surface area contributed by atoms with Crippen LogP contribution in [-0.2, 0) is 0 Å². The van der Waals surface area contributed by atoms with Gasteiger partial charge in [0.15, 0.2) is 0 Å². The fourth-order valence-corrected chi connectivity index (χ4v) is 6.69. The summed E-state index contributed by atoms with van der Waals surface area (Å²) < 4.78 is 0. The molecule has 1 N–H and O–H groups in total. The highest BCUT2D eigenvalue weighted by molar-refractivity contribution is 5.82. The van der Waals surface area contributed by atoms with E-state index in [4.69, 9.17) is 0 Å². The number of benzene rings is 8. The summed E-state index contributed by atoms with van der Waals surface area (Å²) in [7, 11) is 1.99. The van der Waals surface area contributed by atoms with Crippen molar-refractivity contribution in [2.24, 2.45) is 0 Å². The molecule has 0 fully saturated rings. The van der Waals surface area contributed by atoms with E-state index in [1.54, 1.807) is 0 Å². The topological polar surface area (TPSA) is 12.0 Å². The van der Waals surface area contributed by atoms with Gasteiger partial charge in [-0.3, -0.25) is 0 Å². The lowest BCUT2D eigenvalue weighted by Gasteiger charge is -2.13. The Kier molecular flexibility index (Phi) is 8.62. The molecule has 0 aliphatic rings. The molecule has 8 rings (SSSR count). The van der Waals surface area contributed by atoms with E-state index in [0.717, 1.165) is 5.69 Å². The maximum Gasteiger partial charge on any atom is 0.0350 e. The molecule has 0 spiro atoms. The number of nitrogens with one attached hydrogen (secondary N) is 1. The molecule has 0 saturated carbocycles. The first kappa shape index (κ1) is 30.9. The van der Waals surface area contributed by atoms with Gasteiger partial charge >= 0.3 is 0 Å². The fraction of sp³-hybridized carbons (Fsp3) is 0.0204. The van der Waals surface area contributed by atoms with Gasteiger partial charge in [-0.2, -0.15) is 0 Å². The van der Waals surface area contributed by atoms with Gasteiger partial charge in [-0.25, -0.2) is 0 Å². The molecule has 0 saturated heterocycles. The van der Waals surface area contributed by atoms with Crippen molar-refractivity contribution >= 4 is 5.69 Å². The maximum atomic E-state index is 3.39. The van der Waals surface area contributed by atoms with Gasteiger partial charge in [-0.05, 0) is 108 Å². The lowest BCUT2D eigenvalue weighted by atomic mass is 9.93. The van der Waals surface area contributed by atoms with Gasteiger partial charge < -0.3 is 5.32 Å². The first-order valence-corrected chi connectivity index (χ1v) is 17.2. The third-order valence-corrected chi connectivity index (χ3v) is 9.48. The second kappa shape index (κ2) is 14.0. The minimum atomic E-state index is 1.09. The summed E-state index contributed by atoms with van der Waals surface area (Å²) in [6.07, 6.45) is 0. The van der Waals surface area contributed by atoms with E-state index in [2.05, 4.69) is 206 Å². The highest BCUT2D eigenvalue weighted by atomic mass is 14.8. The Labute approximate surface area is 295 Å². The molecule has 0 aromatic heterocycles. The molecule has 0 atom stereocenters. The molecule has 0 radical (unpaired) electrons. The van der Waals surface area contributed by atoms with Crippen LogP contribution in [0.25, 0.3) is 77.9 Å². The monoisotopic (exact) mass is 639 g/mol. The van der Waals surface area contributed by atoms with Crippen LogP contribution in [0, 0.1) is 0 Å². The second-order valence-corrected chi connectivity index (χ2v) is 12.7.